The summed E-state index contributed by atoms with van der Waals surface area (Å²) in [5, 5.41) is 1.08. The third-order valence-corrected chi connectivity index (χ3v) is 5.40. The zero-order chi connectivity index (χ0) is 20.2. The van der Waals surface area contributed by atoms with E-state index in [0.717, 1.165) is 51.8 Å². The topological polar surface area (TPSA) is 48.4 Å². The molecule has 0 atom stereocenters. The average Bonchev–Trinajstić information content (AvgIpc) is 3.25. The monoisotopic (exact) mass is 385 g/mol. The predicted molar refractivity (Wildman–Crippen MR) is 119 cm³/mol. The molecule has 0 aliphatic rings. The van der Waals surface area contributed by atoms with E-state index < -0.39 is 0 Å². The molecule has 0 spiro atoms. The Morgan fingerprint density at radius 2 is 1.76 bits per heavy atom. The molecule has 0 amide bonds. The first-order valence-electron chi connectivity index (χ1n) is 10.3. The Balaban J connectivity index is 1.69. The van der Waals surface area contributed by atoms with Crippen LogP contribution in [0.1, 0.15) is 36.1 Å². The molecule has 3 heteroatoms. The first-order chi connectivity index (χ1) is 14.2. The van der Waals surface area contributed by atoms with Crippen molar-refractivity contribution in [3.63, 3.8) is 0 Å². The second-order valence-corrected chi connectivity index (χ2v) is 7.32. The summed E-state index contributed by atoms with van der Waals surface area (Å²) in [6.45, 7) is 5.36. The van der Waals surface area contributed by atoms with Gasteiger partial charge >= 0.3 is 0 Å². The largest absolute Gasteiger partial charge is 0.489 e. The van der Waals surface area contributed by atoms with Crippen molar-refractivity contribution in [2.24, 2.45) is 5.73 Å². The van der Waals surface area contributed by atoms with E-state index in [1.807, 2.05) is 18.2 Å². The maximum atomic E-state index is 6.27. The Bertz CT molecular complexity index is 1130. The second-order valence-electron chi connectivity index (χ2n) is 7.32. The highest BCUT2D eigenvalue weighted by Crippen LogP contribution is 2.32. The van der Waals surface area contributed by atoms with Gasteiger partial charge < -0.3 is 14.9 Å². The van der Waals surface area contributed by atoms with Crippen LogP contribution in [0, 0.1) is 0 Å². The van der Waals surface area contributed by atoms with Crippen molar-refractivity contribution < 1.29 is 9.15 Å². The third-order valence-electron chi connectivity index (χ3n) is 5.40. The molecule has 1 aromatic heterocycles. The number of fused-ring (bicyclic) bond motifs is 1. The van der Waals surface area contributed by atoms with Gasteiger partial charge in [0.05, 0.1) is 6.26 Å². The summed E-state index contributed by atoms with van der Waals surface area (Å²) in [4.78, 5) is 0. The molecule has 0 fully saturated rings. The Morgan fingerprint density at radius 1 is 0.862 bits per heavy atom. The molecule has 4 aromatic rings. The van der Waals surface area contributed by atoms with Crippen molar-refractivity contribution >= 4 is 11.0 Å². The van der Waals surface area contributed by atoms with Crippen LogP contribution in [0.15, 0.2) is 71.3 Å². The van der Waals surface area contributed by atoms with Crippen molar-refractivity contribution in [1.29, 1.82) is 0 Å². The van der Waals surface area contributed by atoms with Crippen molar-refractivity contribution in [1.82, 2.24) is 0 Å². The van der Waals surface area contributed by atoms with Gasteiger partial charge in [0.1, 0.15) is 17.9 Å². The zero-order valence-corrected chi connectivity index (χ0v) is 17.1. The number of rotatable bonds is 7. The number of benzene rings is 3. The first-order valence-corrected chi connectivity index (χ1v) is 10.3. The van der Waals surface area contributed by atoms with Crippen LogP contribution in [0.2, 0.25) is 0 Å². The van der Waals surface area contributed by atoms with Crippen LogP contribution < -0.4 is 10.5 Å². The Labute approximate surface area is 172 Å². The van der Waals surface area contributed by atoms with Gasteiger partial charge in [-0.25, -0.2) is 0 Å². The van der Waals surface area contributed by atoms with Crippen LogP contribution in [-0.2, 0) is 26.0 Å². The van der Waals surface area contributed by atoms with Crippen LogP contribution >= 0.6 is 0 Å². The highest BCUT2D eigenvalue weighted by molar-refractivity contribution is 5.93. The third kappa shape index (κ3) is 4.06. The summed E-state index contributed by atoms with van der Waals surface area (Å²) in [7, 11) is 0. The van der Waals surface area contributed by atoms with Crippen LogP contribution in [0.5, 0.6) is 5.75 Å². The molecule has 29 heavy (non-hydrogen) atoms. The summed E-state index contributed by atoms with van der Waals surface area (Å²) in [5.41, 5.74) is 13.7. The van der Waals surface area contributed by atoms with E-state index in [4.69, 9.17) is 14.9 Å². The molecule has 0 saturated heterocycles. The highest BCUT2D eigenvalue weighted by Gasteiger charge is 2.11. The van der Waals surface area contributed by atoms with Gasteiger partial charge in [0.25, 0.3) is 0 Å². The van der Waals surface area contributed by atoms with Crippen molar-refractivity contribution in [3.8, 4) is 16.9 Å². The highest BCUT2D eigenvalue weighted by atomic mass is 16.5. The van der Waals surface area contributed by atoms with Gasteiger partial charge in [-0.2, -0.15) is 0 Å². The van der Waals surface area contributed by atoms with E-state index >= 15 is 0 Å². The average molecular weight is 386 g/mol. The lowest BCUT2D eigenvalue weighted by molar-refractivity contribution is 0.303. The SMILES string of the molecule is CCc1ccc(CC)c(OCc2cc(-c3cccc(CN)c3)c3occc3c2)c1. The van der Waals surface area contributed by atoms with E-state index in [1.54, 1.807) is 6.26 Å². The molecular weight excluding hydrogens is 358 g/mol. The minimum Gasteiger partial charge on any atom is -0.489 e. The summed E-state index contributed by atoms with van der Waals surface area (Å²) in [6.07, 6.45) is 3.70. The zero-order valence-electron chi connectivity index (χ0n) is 17.1. The number of furan rings is 1. The Kier molecular flexibility index (Phi) is 5.68. The molecular formula is C26H27NO2. The molecule has 148 valence electrons. The first kappa shape index (κ1) is 19.3. The molecule has 0 aliphatic carbocycles. The molecule has 0 unspecified atom stereocenters. The van der Waals surface area contributed by atoms with E-state index in [2.05, 4.69) is 56.3 Å². The molecule has 0 saturated carbocycles. The van der Waals surface area contributed by atoms with Crippen molar-refractivity contribution in [2.75, 3.05) is 0 Å². The second kappa shape index (κ2) is 8.54. The molecule has 4 rings (SSSR count). The smallest absolute Gasteiger partial charge is 0.141 e. The number of hydrogen-bond acceptors (Lipinski definition) is 3. The summed E-state index contributed by atoms with van der Waals surface area (Å²) in [5.74, 6) is 0.978. The van der Waals surface area contributed by atoms with Crippen LogP contribution in [-0.4, -0.2) is 0 Å². The quantitative estimate of drug-likeness (QED) is 0.408. The van der Waals surface area contributed by atoms with E-state index in [0.29, 0.717) is 13.2 Å². The maximum Gasteiger partial charge on any atom is 0.141 e. The number of aryl methyl sites for hydroxylation is 2. The molecule has 2 N–H and O–H groups in total. The van der Waals surface area contributed by atoms with Crippen LogP contribution in [0.25, 0.3) is 22.1 Å². The molecule has 3 nitrogen and oxygen atoms in total. The van der Waals surface area contributed by atoms with Crippen molar-refractivity contribution in [2.45, 2.75) is 39.8 Å². The van der Waals surface area contributed by atoms with E-state index in [1.165, 1.54) is 11.1 Å². The number of nitrogens with two attached hydrogens (primary N) is 1. The molecule has 0 aliphatic heterocycles. The van der Waals surface area contributed by atoms with Gasteiger partial charge in [-0.3, -0.25) is 0 Å². The summed E-state index contributed by atoms with van der Waals surface area (Å²) >= 11 is 0. The van der Waals surface area contributed by atoms with Gasteiger partial charge in [0.2, 0.25) is 0 Å². The Morgan fingerprint density at radius 3 is 2.55 bits per heavy atom. The fourth-order valence-corrected chi connectivity index (χ4v) is 3.71. The van der Waals surface area contributed by atoms with Gasteiger partial charge in [0.15, 0.2) is 0 Å². The van der Waals surface area contributed by atoms with E-state index in [9.17, 15) is 0 Å². The van der Waals surface area contributed by atoms with Crippen LogP contribution in [0.4, 0.5) is 0 Å². The lowest BCUT2D eigenvalue weighted by Gasteiger charge is -2.13. The normalized spacial score (nSPS) is 11.1. The molecule has 0 bridgehead atoms. The number of ether oxygens (including phenoxy) is 1. The van der Waals surface area contributed by atoms with Crippen molar-refractivity contribution in [3.05, 3.63) is 89.2 Å². The summed E-state index contributed by atoms with van der Waals surface area (Å²) in [6, 6.07) is 21.2. The number of hydrogen-bond donors (Lipinski definition) is 1. The maximum absolute atomic E-state index is 6.27. The molecule has 0 radical (unpaired) electrons. The lowest BCUT2D eigenvalue weighted by Crippen LogP contribution is -2.00. The fraction of sp³-hybridized carbons (Fsp3) is 0.231. The fourth-order valence-electron chi connectivity index (χ4n) is 3.71. The van der Waals surface area contributed by atoms with Gasteiger partial charge in [-0.15, -0.1) is 0 Å². The minimum absolute atomic E-state index is 0.519. The Hall–Kier alpha value is -3.04. The standard InChI is InChI=1S/C26H27NO2/c1-3-18-8-9-21(4-2)25(15-18)29-17-20-13-23-10-11-28-26(23)24(14-20)22-7-5-6-19(12-22)16-27/h5-15H,3-4,16-17,27H2,1-2H3. The van der Waals surface area contributed by atoms with E-state index in [-0.39, 0.29) is 0 Å². The lowest BCUT2D eigenvalue weighted by atomic mass is 9.99. The predicted octanol–water partition coefficient (Wildman–Crippen LogP) is 6.26. The van der Waals surface area contributed by atoms with Gasteiger partial charge in [0, 0.05) is 17.5 Å². The summed E-state index contributed by atoms with van der Waals surface area (Å²) < 4.78 is 12.1. The minimum atomic E-state index is 0.519. The van der Waals surface area contributed by atoms with Gasteiger partial charge in [-0.05, 0) is 71.0 Å². The van der Waals surface area contributed by atoms with Crippen LogP contribution in [0.3, 0.4) is 0 Å². The van der Waals surface area contributed by atoms with Gasteiger partial charge in [-0.1, -0.05) is 44.2 Å². The molecule has 3 aromatic carbocycles. The molecule has 1 heterocycles.